The van der Waals surface area contributed by atoms with Gasteiger partial charge in [-0.05, 0) is 25.7 Å². The number of methoxy groups -OCH3 is 1. The summed E-state index contributed by atoms with van der Waals surface area (Å²) in [6.07, 6.45) is 1.82. The van der Waals surface area contributed by atoms with Gasteiger partial charge in [-0.15, -0.1) is 0 Å². The monoisotopic (exact) mass is 254 g/mol. The highest BCUT2D eigenvalue weighted by molar-refractivity contribution is 6.35. The second-order valence-corrected chi connectivity index (χ2v) is 4.69. The maximum absolute atomic E-state index is 12.0. The van der Waals surface area contributed by atoms with Crippen LogP contribution in [0.15, 0.2) is 0 Å². The zero-order chi connectivity index (χ0) is 13.3. The molecule has 1 aliphatic heterocycles. The van der Waals surface area contributed by atoms with E-state index in [0.29, 0.717) is 19.6 Å². The molecule has 6 nitrogen and oxygen atoms in total. The summed E-state index contributed by atoms with van der Waals surface area (Å²) in [5, 5.41) is 0. The van der Waals surface area contributed by atoms with Gasteiger partial charge in [-0.1, -0.05) is 0 Å². The molecule has 100 valence electrons. The van der Waals surface area contributed by atoms with Crippen LogP contribution in [0.3, 0.4) is 0 Å². The summed E-state index contributed by atoms with van der Waals surface area (Å²) >= 11 is 0. The Morgan fingerprint density at radius 2 is 2.00 bits per heavy atom. The van der Waals surface area contributed by atoms with Crippen LogP contribution in [0.1, 0.15) is 19.8 Å². The Labute approximate surface area is 106 Å². The molecule has 0 aromatic carbocycles. The van der Waals surface area contributed by atoms with E-state index < -0.39 is 23.8 Å². The highest BCUT2D eigenvalue weighted by Crippen LogP contribution is 2.36. The van der Waals surface area contributed by atoms with Crippen LogP contribution in [0.25, 0.3) is 0 Å². The molecule has 0 N–H and O–H groups in total. The Morgan fingerprint density at radius 3 is 2.50 bits per heavy atom. The molecule has 1 heterocycles. The first kappa shape index (κ1) is 12.9. The molecular formula is C12H18N2O4. The molecule has 2 fully saturated rings. The fraction of sp³-hybridized carbons (Fsp3) is 0.750. The topological polar surface area (TPSA) is 66.9 Å². The molecule has 18 heavy (non-hydrogen) atoms. The van der Waals surface area contributed by atoms with E-state index in [4.69, 9.17) is 4.74 Å². The Morgan fingerprint density at radius 1 is 1.33 bits per heavy atom. The van der Waals surface area contributed by atoms with Crippen molar-refractivity contribution in [3.63, 3.8) is 0 Å². The van der Waals surface area contributed by atoms with Gasteiger partial charge in [0.15, 0.2) is 0 Å². The Balaban J connectivity index is 2.14. The van der Waals surface area contributed by atoms with E-state index in [2.05, 4.69) is 0 Å². The third kappa shape index (κ3) is 2.19. The number of carbonyl (C=O) groups excluding carboxylic acids is 3. The van der Waals surface area contributed by atoms with Gasteiger partial charge in [0.2, 0.25) is 0 Å². The highest BCUT2D eigenvalue weighted by Gasteiger charge is 2.46. The summed E-state index contributed by atoms with van der Waals surface area (Å²) in [6.45, 7) is 3.25. The van der Waals surface area contributed by atoms with Crippen molar-refractivity contribution in [2.45, 2.75) is 25.8 Å². The summed E-state index contributed by atoms with van der Waals surface area (Å²) < 4.78 is 4.75. The number of nitrogens with zero attached hydrogens (tertiary/aromatic N) is 2. The number of piperazine rings is 1. The lowest BCUT2D eigenvalue weighted by atomic mass is 10.1. The fourth-order valence-corrected chi connectivity index (χ4v) is 2.36. The van der Waals surface area contributed by atoms with Crippen LogP contribution in [-0.2, 0) is 19.1 Å². The van der Waals surface area contributed by atoms with Crippen molar-refractivity contribution in [3.8, 4) is 0 Å². The normalized spacial score (nSPS) is 22.1. The minimum absolute atomic E-state index is 0.155. The molecule has 0 bridgehead atoms. The van der Waals surface area contributed by atoms with Gasteiger partial charge >= 0.3 is 17.8 Å². The highest BCUT2D eigenvalue weighted by atomic mass is 16.5. The SMILES string of the molecule is CCN1CCN(C(C(=O)OC)C2CC2)C(=O)C1=O. The number of carbonyl (C=O) groups is 3. The predicted molar refractivity (Wildman–Crippen MR) is 62.5 cm³/mol. The lowest BCUT2D eigenvalue weighted by molar-refractivity contribution is -0.163. The number of rotatable bonds is 4. The van der Waals surface area contributed by atoms with Crippen LogP contribution in [0.2, 0.25) is 0 Å². The van der Waals surface area contributed by atoms with E-state index in [-0.39, 0.29) is 5.92 Å². The lowest BCUT2D eigenvalue weighted by Gasteiger charge is -2.36. The molecule has 6 heteroatoms. The smallest absolute Gasteiger partial charge is 0.328 e. The van der Waals surface area contributed by atoms with Crippen LogP contribution in [-0.4, -0.2) is 60.4 Å². The summed E-state index contributed by atoms with van der Waals surface area (Å²) in [5.74, 6) is -1.35. The molecule has 2 amide bonds. The number of hydrogen-bond donors (Lipinski definition) is 0. The van der Waals surface area contributed by atoms with E-state index in [1.807, 2.05) is 6.92 Å². The fourth-order valence-electron chi connectivity index (χ4n) is 2.36. The molecule has 0 radical (unpaired) electrons. The predicted octanol–water partition coefficient (Wildman–Crippen LogP) is -0.371. The number of hydrogen-bond acceptors (Lipinski definition) is 4. The number of ether oxygens (including phenoxy) is 1. The molecule has 0 aromatic heterocycles. The van der Waals surface area contributed by atoms with Gasteiger partial charge < -0.3 is 14.5 Å². The van der Waals surface area contributed by atoms with Crippen molar-refractivity contribution in [3.05, 3.63) is 0 Å². The van der Waals surface area contributed by atoms with Gasteiger partial charge in [-0.2, -0.15) is 0 Å². The molecule has 1 atom stereocenters. The third-order valence-corrected chi connectivity index (χ3v) is 3.57. The quantitative estimate of drug-likeness (QED) is 0.507. The summed E-state index contributed by atoms with van der Waals surface area (Å²) in [7, 11) is 1.31. The molecule has 0 aromatic rings. The number of esters is 1. The largest absolute Gasteiger partial charge is 0.467 e. The molecule has 2 rings (SSSR count). The zero-order valence-electron chi connectivity index (χ0n) is 10.7. The van der Waals surface area contributed by atoms with Crippen LogP contribution < -0.4 is 0 Å². The average molecular weight is 254 g/mol. The van der Waals surface area contributed by atoms with Crippen molar-refractivity contribution in [1.82, 2.24) is 9.80 Å². The first-order chi connectivity index (χ1) is 8.60. The Kier molecular flexibility index (Phi) is 3.54. The van der Waals surface area contributed by atoms with Gasteiger partial charge in [-0.3, -0.25) is 9.59 Å². The first-order valence-corrected chi connectivity index (χ1v) is 6.27. The zero-order valence-corrected chi connectivity index (χ0v) is 10.7. The van der Waals surface area contributed by atoms with Crippen molar-refractivity contribution in [2.24, 2.45) is 5.92 Å². The Hall–Kier alpha value is -1.59. The molecule has 1 aliphatic carbocycles. The minimum atomic E-state index is -0.578. The molecule has 1 saturated carbocycles. The Bertz CT molecular complexity index is 378. The van der Waals surface area contributed by atoms with E-state index >= 15 is 0 Å². The number of likely N-dealkylation sites (N-methyl/N-ethyl adjacent to an activating group) is 1. The summed E-state index contributed by atoms with van der Waals surface area (Å²) in [5.41, 5.74) is 0. The van der Waals surface area contributed by atoms with Gasteiger partial charge in [0.05, 0.1) is 7.11 Å². The van der Waals surface area contributed by atoms with E-state index in [1.54, 1.807) is 0 Å². The van der Waals surface area contributed by atoms with Crippen LogP contribution >= 0.6 is 0 Å². The van der Waals surface area contributed by atoms with E-state index in [0.717, 1.165) is 12.8 Å². The summed E-state index contributed by atoms with van der Waals surface area (Å²) in [4.78, 5) is 38.5. The first-order valence-electron chi connectivity index (χ1n) is 6.27. The maximum atomic E-state index is 12.0. The van der Waals surface area contributed by atoms with Gasteiger partial charge in [-0.25, -0.2) is 4.79 Å². The van der Waals surface area contributed by atoms with E-state index in [9.17, 15) is 14.4 Å². The maximum Gasteiger partial charge on any atom is 0.328 e. The van der Waals surface area contributed by atoms with Gasteiger partial charge in [0, 0.05) is 19.6 Å². The van der Waals surface area contributed by atoms with Crippen molar-refractivity contribution < 1.29 is 19.1 Å². The van der Waals surface area contributed by atoms with Crippen LogP contribution in [0.5, 0.6) is 0 Å². The second kappa shape index (κ2) is 4.96. The van der Waals surface area contributed by atoms with Crippen LogP contribution in [0.4, 0.5) is 0 Å². The molecule has 0 spiro atoms. The minimum Gasteiger partial charge on any atom is -0.467 e. The average Bonchev–Trinajstić information content (AvgIpc) is 3.19. The molecule has 2 aliphatic rings. The summed E-state index contributed by atoms with van der Waals surface area (Å²) in [6, 6.07) is -0.578. The van der Waals surface area contributed by atoms with Crippen molar-refractivity contribution in [1.29, 1.82) is 0 Å². The number of amides is 2. The standard InChI is InChI=1S/C12H18N2O4/c1-3-13-6-7-14(11(16)10(13)15)9(8-4-5-8)12(17)18-2/h8-9H,3-7H2,1-2H3. The molecule has 1 unspecified atom stereocenters. The van der Waals surface area contributed by atoms with Crippen molar-refractivity contribution >= 4 is 17.8 Å². The molecule has 1 saturated heterocycles. The molecular weight excluding hydrogens is 236 g/mol. The lowest BCUT2D eigenvalue weighted by Crippen LogP contribution is -2.59. The van der Waals surface area contributed by atoms with Gasteiger partial charge in [0.1, 0.15) is 6.04 Å². The third-order valence-electron chi connectivity index (χ3n) is 3.57. The van der Waals surface area contributed by atoms with Crippen LogP contribution in [0, 0.1) is 5.92 Å². The second-order valence-electron chi connectivity index (χ2n) is 4.69. The van der Waals surface area contributed by atoms with Gasteiger partial charge in [0.25, 0.3) is 0 Å². The van der Waals surface area contributed by atoms with E-state index in [1.165, 1.54) is 16.9 Å². The van der Waals surface area contributed by atoms with Crippen molar-refractivity contribution in [2.75, 3.05) is 26.7 Å².